The Hall–Kier alpha value is -2.15. The number of benzene rings is 1. The summed E-state index contributed by atoms with van der Waals surface area (Å²) in [6.45, 7) is 3.97. The van der Waals surface area contributed by atoms with Crippen molar-refractivity contribution in [2.24, 2.45) is 0 Å². The second-order valence-electron chi connectivity index (χ2n) is 4.54. The summed E-state index contributed by atoms with van der Waals surface area (Å²) in [6.07, 6.45) is 2.85. The van der Waals surface area contributed by atoms with Gasteiger partial charge in [0, 0.05) is 37.6 Å². The van der Waals surface area contributed by atoms with Gasteiger partial charge < -0.3 is 15.2 Å². The Balaban J connectivity index is 2.51. The van der Waals surface area contributed by atoms with E-state index in [-0.39, 0.29) is 11.3 Å². The Morgan fingerprint density at radius 3 is 2.71 bits per heavy atom. The zero-order valence-corrected chi connectivity index (χ0v) is 12.0. The van der Waals surface area contributed by atoms with E-state index in [2.05, 4.69) is 12.2 Å². The Kier molecular flexibility index (Phi) is 7.17. The molecular weight excluding hydrogens is 276 g/mol. The Morgan fingerprint density at radius 2 is 2.10 bits per heavy atom. The minimum Gasteiger partial charge on any atom is -0.478 e. The topological polar surface area (TPSA) is 102 Å². The summed E-state index contributed by atoms with van der Waals surface area (Å²) in [5.74, 6) is -1.19. The largest absolute Gasteiger partial charge is 0.478 e. The summed E-state index contributed by atoms with van der Waals surface area (Å²) >= 11 is 0. The molecule has 7 nitrogen and oxygen atoms in total. The van der Waals surface area contributed by atoms with Gasteiger partial charge in [0.2, 0.25) is 0 Å². The van der Waals surface area contributed by atoms with Crippen LogP contribution in [0.25, 0.3) is 0 Å². The number of ether oxygens (including phenoxy) is 1. The molecule has 2 N–H and O–H groups in total. The van der Waals surface area contributed by atoms with Crippen LogP contribution in [0.15, 0.2) is 18.2 Å². The van der Waals surface area contributed by atoms with Crippen molar-refractivity contribution in [3.05, 3.63) is 33.9 Å². The highest BCUT2D eigenvalue weighted by Crippen LogP contribution is 2.22. The number of nitrogens with zero attached hydrogens (tertiary/aromatic N) is 1. The fourth-order valence-corrected chi connectivity index (χ4v) is 1.72. The molecule has 0 heterocycles. The lowest BCUT2D eigenvalue weighted by Crippen LogP contribution is -2.10. The Bertz CT molecular complexity index is 490. The second kappa shape index (κ2) is 8.91. The number of nitrogens with one attached hydrogen (secondary N) is 1. The molecule has 0 bridgehead atoms. The van der Waals surface area contributed by atoms with E-state index >= 15 is 0 Å². The molecule has 0 radical (unpaired) electrons. The standard InChI is InChI=1S/C14H20N2O5/c1-2-3-8-21-9-4-7-15-13-6-5-11(16(19)20)10-12(13)14(17)18/h5-6,10,15H,2-4,7-9H2,1H3,(H,17,18). The van der Waals surface area contributed by atoms with Gasteiger partial charge in [-0.05, 0) is 18.9 Å². The van der Waals surface area contributed by atoms with Crippen molar-refractivity contribution in [1.29, 1.82) is 0 Å². The van der Waals surface area contributed by atoms with Crippen LogP contribution in [0.1, 0.15) is 36.5 Å². The molecule has 7 heteroatoms. The summed E-state index contributed by atoms with van der Waals surface area (Å²) in [4.78, 5) is 21.2. The molecule has 0 aliphatic rings. The smallest absolute Gasteiger partial charge is 0.338 e. The molecular formula is C14H20N2O5. The van der Waals surface area contributed by atoms with E-state index < -0.39 is 10.9 Å². The fourth-order valence-electron chi connectivity index (χ4n) is 1.72. The molecule has 0 saturated heterocycles. The summed E-state index contributed by atoms with van der Waals surface area (Å²) in [5, 5.41) is 22.7. The predicted octanol–water partition coefficient (Wildman–Crippen LogP) is 2.91. The first-order valence-corrected chi connectivity index (χ1v) is 6.89. The number of non-ortho nitro benzene ring substituents is 1. The molecule has 0 aliphatic carbocycles. The molecule has 0 spiro atoms. The van der Waals surface area contributed by atoms with Crippen molar-refractivity contribution in [3.8, 4) is 0 Å². The molecule has 1 aromatic carbocycles. The van der Waals surface area contributed by atoms with E-state index in [1.54, 1.807) is 0 Å². The maximum absolute atomic E-state index is 11.1. The van der Waals surface area contributed by atoms with Crippen LogP contribution in [-0.2, 0) is 4.74 Å². The van der Waals surface area contributed by atoms with Gasteiger partial charge in [0.25, 0.3) is 5.69 Å². The number of aromatic carboxylic acids is 1. The molecule has 1 aromatic rings. The number of hydrogen-bond donors (Lipinski definition) is 2. The van der Waals surface area contributed by atoms with Crippen LogP contribution in [0.5, 0.6) is 0 Å². The number of carboxylic acid groups (broad SMARTS) is 1. The Labute approximate surface area is 123 Å². The number of nitro groups is 1. The second-order valence-corrected chi connectivity index (χ2v) is 4.54. The summed E-state index contributed by atoms with van der Waals surface area (Å²) in [5.41, 5.74) is 0.0404. The maximum atomic E-state index is 11.1. The zero-order chi connectivity index (χ0) is 15.7. The highest BCUT2D eigenvalue weighted by Gasteiger charge is 2.15. The van der Waals surface area contributed by atoms with Gasteiger partial charge in [-0.15, -0.1) is 0 Å². The predicted molar refractivity (Wildman–Crippen MR) is 78.9 cm³/mol. The van der Waals surface area contributed by atoms with Gasteiger partial charge in [-0.25, -0.2) is 4.79 Å². The summed E-state index contributed by atoms with van der Waals surface area (Å²) < 4.78 is 5.39. The number of anilines is 1. The maximum Gasteiger partial charge on any atom is 0.338 e. The summed E-state index contributed by atoms with van der Waals surface area (Å²) in [6, 6.07) is 3.76. The molecule has 0 fully saturated rings. The van der Waals surface area contributed by atoms with E-state index in [4.69, 9.17) is 9.84 Å². The number of rotatable bonds is 10. The van der Waals surface area contributed by atoms with E-state index in [0.717, 1.165) is 31.9 Å². The zero-order valence-electron chi connectivity index (χ0n) is 12.0. The fraction of sp³-hybridized carbons (Fsp3) is 0.500. The highest BCUT2D eigenvalue weighted by molar-refractivity contribution is 5.95. The third-order valence-corrected chi connectivity index (χ3v) is 2.87. The SMILES string of the molecule is CCCCOCCCNc1ccc([N+](=O)[O-])cc1C(=O)O. The van der Waals surface area contributed by atoms with Crippen molar-refractivity contribution in [3.63, 3.8) is 0 Å². The average Bonchev–Trinajstić information content (AvgIpc) is 2.46. The van der Waals surface area contributed by atoms with Gasteiger partial charge in [-0.2, -0.15) is 0 Å². The summed E-state index contributed by atoms with van der Waals surface area (Å²) in [7, 11) is 0. The number of carbonyl (C=O) groups is 1. The molecule has 0 aromatic heterocycles. The molecule has 116 valence electrons. The quantitative estimate of drug-likeness (QED) is 0.391. The van der Waals surface area contributed by atoms with Gasteiger partial charge in [0.1, 0.15) is 0 Å². The van der Waals surface area contributed by atoms with Crippen LogP contribution in [0.3, 0.4) is 0 Å². The van der Waals surface area contributed by atoms with Crippen LogP contribution >= 0.6 is 0 Å². The molecule has 0 unspecified atom stereocenters. The van der Waals surface area contributed by atoms with Gasteiger partial charge >= 0.3 is 5.97 Å². The van der Waals surface area contributed by atoms with Crippen molar-refractivity contribution < 1.29 is 19.6 Å². The van der Waals surface area contributed by atoms with Crippen LogP contribution in [0.2, 0.25) is 0 Å². The van der Waals surface area contributed by atoms with Crippen LogP contribution in [0, 0.1) is 10.1 Å². The Morgan fingerprint density at radius 1 is 1.38 bits per heavy atom. The minimum atomic E-state index is -1.19. The molecule has 0 atom stereocenters. The van der Waals surface area contributed by atoms with E-state index in [9.17, 15) is 14.9 Å². The third-order valence-electron chi connectivity index (χ3n) is 2.87. The van der Waals surface area contributed by atoms with Crippen molar-refractivity contribution in [2.45, 2.75) is 26.2 Å². The van der Waals surface area contributed by atoms with Crippen LogP contribution in [-0.4, -0.2) is 35.8 Å². The molecule has 0 saturated carbocycles. The highest BCUT2D eigenvalue weighted by atomic mass is 16.6. The number of carboxylic acids is 1. The lowest BCUT2D eigenvalue weighted by atomic mass is 10.1. The molecule has 0 aliphatic heterocycles. The monoisotopic (exact) mass is 296 g/mol. The average molecular weight is 296 g/mol. The van der Waals surface area contributed by atoms with Crippen molar-refractivity contribution >= 4 is 17.3 Å². The lowest BCUT2D eigenvalue weighted by Gasteiger charge is -2.09. The molecule has 0 amide bonds. The van der Waals surface area contributed by atoms with E-state index in [1.165, 1.54) is 12.1 Å². The van der Waals surface area contributed by atoms with Gasteiger partial charge in [0.15, 0.2) is 0 Å². The third kappa shape index (κ3) is 5.78. The molecule has 21 heavy (non-hydrogen) atoms. The van der Waals surface area contributed by atoms with Crippen LogP contribution < -0.4 is 5.32 Å². The van der Waals surface area contributed by atoms with Gasteiger partial charge in [0.05, 0.1) is 10.5 Å². The molecule has 1 rings (SSSR count). The lowest BCUT2D eigenvalue weighted by molar-refractivity contribution is -0.384. The van der Waals surface area contributed by atoms with Gasteiger partial charge in [-0.1, -0.05) is 13.3 Å². The normalized spacial score (nSPS) is 10.3. The van der Waals surface area contributed by atoms with E-state index in [1.807, 2.05) is 0 Å². The number of unbranched alkanes of at least 4 members (excludes halogenated alkanes) is 1. The number of hydrogen-bond acceptors (Lipinski definition) is 5. The van der Waals surface area contributed by atoms with E-state index in [0.29, 0.717) is 18.8 Å². The van der Waals surface area contributed by atoms with Crippen molar-refractivity contribution in [2.75, 3.05) is 25.1 Å². The van der Waals surface area contributed by atoms with Crippen molar-refractivity contribution in [1.82, 2.24) is 0 Å². The van der Waals surface area contributed by atoms with Crippen LogP contribution in [0.4, 0.5) is 11.4 Å². The first-order chi connectivity index (χ1) is 10.1. The number of nitro benzene ring substituents is 1. The minimum absolute atomic E-state index is 0.101. The first kappa shape index (κ1) is 16.9. The van der Waals surface area contributed by atoms with Gasteiger partial charge in [-0.3, -0.25) is 10.1 Å². The first-order valence-electron chi connectivity index (χ1n) is 6.89.